The number of aryl methyl sites for hydroxylation is 1. The van der Waals surface area contributed by atoms with Gasteiger partial charge in [-0.15, -0.1) is 0 Å². The van der Waals surface area contributed by atoms with E-state index in [1.807, 2.05) is 25.1 Å². The summed E-state index contributed by atoms with van der Waals surface area (Å²) in [6, 6.07) is 6.02. The van der Waals surface area contributed by atoms with Crippen molar-refractivity contribution >= 4 is 23.0 Å². The minimum atomic E-state index is 0.557. The smallest absolute Gasteiger partial charge is 0.128 e. The Morgan fingerprint density at radius 3 is 2.80 bits per heavy atom. The van der Waals surface area contributed by atoms with Gasteiger partial charge in [0.1, 0.15) is 5.82 Å². The van der Waals surface area contributed by atoms with Crippen LogP contribution in [0.1, 0.15) is 19.0 Å². The number of rotatable bonds is 5. The van der Waals surface area contributed by atoms with Crippen LogP contribution in [0.15, 0.2) is 18.2 Å². The molecule has 0 bridgehead atoms. The van der Waals surface area contributed by atoms with Crippen molar-refractivity contribution in [1.29, 1.82) is 0 Å². The molecule has 3 nitrogen and oxygen atoms in total. The van der Waals surface area contributed by atoms with E-state index in [1.54, 1.807) is 0 Å². The number of nitrogens with zero attached hydrogens (tertiary/aromatic N) is 2. The fourth-order valence-electron chi connectivity index (χ4n) is 1.38. The van der Waals surface area contributed by atoms with Crippen LogP contribution in [0.2, 0.25) is 0 Å². The minimum Gasteiger partial charge on any atom is -0.393 e. The third-order valence-corrected chi connectivity index (χ3v) is 2.41. The predicted octanol–water partition coefficient (Wildman–Crippen LogP) is 1.89. The van der Waals surface area contributed by atoms with Crippen molar-refractivity contribution < 1.29 is 0 Å². The van der Waals surface area contributed by atoms with Crippen molar-refractivity contribution in [1.82, 2.24) is 4.98 Å². The molecule has 0 aromatic carbocycles. The van der Waals surface area contributed by atoms with Gasteiger partial charge in [0.15, 0.2) is 0 Å². The monoisotopic (exact) mass is 223 g/mol. The summed E-state index contributed by atoms with van der Waals surface area (Å²) in [4.78, 5) is 7.19. The molecular weight excluding hydrogens is 206 g/mol. The molecule has 0 atom stereocenters. The number of pyridine rings is 1. The topological polar surface area (TPSA) is 42.1 Å². The molecule has 0 radical (unpaired) electrons. The van der Waals surface area contributed by atoms with Gasteiger partial charge in [-0.25, -0.2) is 4.98 Å². The van der Waals surface area contributed by atoms with Crippen molar-refractivity contribution in [3.05, 3.63) is 23.9 Å². The molecule has 1 heterocycles. The molecule has 1 aromatic heterocycles. The van der Waals surface area contributed by atoms with Crippen LogP contribution < -0.4 is 10.6 Å². The first-order valence-corrected chi connectivity index (χ1v) is 5.51. The lowest BCUT2D eigenvalue weighted by Crippen LogP contribution is -2.28. The Kier molecular flexibility index (Phi) is 4.49. The quantitative estimate of drug-likeness (QED) is 0.774. The van der Waals surface area contributed by atoms with Gasteiger partial charge in [-0.3, -0.25) is 0 Å². The Balaban J connectivity index is 2.69. The molecule has 82 valence electrons. The second kappa shape index (κ2) is 5.66. The van der Waals surface area contributed by atoms with Crippen molar-refractivity contribution in [2.75, 3.05) is 18.0 Å². The molecule has 0 aliphatic heterocycles. The first-order chi connectivity index (χ1) is 7.13. The zero-order chi connectivity index (χ0) is 11.3. The average Bonchev–Trinajstić information content (AvgIpc) is 2.18. The lowest BCUT2D eigenvalue weighted by molar-refractivity contribution is 0.817. The highest BCUT2D eigenvalue weighted by atomic mass is 32.1. The van der Waals surface area contributed by atoms with Gasteiger partial charge in [-0.2, -0.15) is 0 Å². The van der Waals surface area contributed by atoms with E-state index in [9.17, 15) is 0 Å². The van der Waals surface area contributed by atoms with E-state index in [4.69, 9.17) is 18.0 Å². The van der Waals surface area contributed by atoms with Gasteiger partial charge in [-0.1, -0.05) is 18.3 Å². The van der Waals surface area contributed by atoms with Crippen LogP contribution in [0.3, 0.4) is 0 Å². The zero-order valence-corrected chi connectivity index (χ0v) is 10.0. The van der Waals surface area contributed by atoms with Gasteiger partial charge < -0.3 is 10.6 Å². The highest BCUT2D eigenvalue weighted by Gasteiger charge is 2.05. The molecule has 0 saturated carbocycles. The highest BCUT2D eigenvalue weighted by Crippen LogP contribution is 2.11. The number of hydrogen-bond donors (Lipinski definition) is 1. The Labute approximate surface area is 96.3 Å². The van der Waals surface area contributed by atoms with Crippen LogP contribution >= 0.6 is 12.2 Å². The predicted molar refractivity (Wildman–Crippen MR) is 68.3 cm³/mol. The van der Waals surface area contributed by atoms with Crippen molar-refractivity contribution in [3.63, 3.8) is 0 Å². The first-order valence-electron chi connectivity index (χ1n) is 5.10. The molecule has 0 amide bonds. The fraction of sp³-hybridized carbons (Fsp3) is 0.455. The van der Waals surface area contributed by atoms with Crippen LogP contribution in [-0.2, 0) is 0 Å². The van der Waals surface area contributed by atoms with E-state index < -0.39 is 0 Å². The van der Waals surface area contributed by atoms with E-state index in [-0.39, 0.29) is 0 Å². The van der Waals surface area contributed by atoms with E-state index in [0.29, 0.717) is 4.99 Å². The molecule has 1 aromatic rings. The van der Waals surface area contributed by atoms with Crippen LogP contribution in [0.4, 0.5) is 5.82 Å². The first kappa shape index (κ1) is 11.9. The number of anilines is 1. The summed E-state index contributed by atoms with van der Waals surface area (Å²) in [7, 11) is 0. The van der Waals surface area contributed by atoms with Crippen LogP contribution in [0.5, 0.6) is 0 Å². The molecule has 0 fully saturated rings. The molecule has 2 N–H and O–H groups in total. The second-order valence-corrected chi connectivity index (χ2v) is 3.96. The molecule has 0 aliphatic rings. The fourth-order valence-corrected chi connectivity index (χ4v) is 1.48. The van der Waals surface area contributed by atoms with Crippen molar-refractivity contribution in [2.24, 2.45) is 5.73 Å². The number of nitrogens with two attached hydrogens (primary N) is 1. The number of hydrogen-bond acceptors (Lipinski definition) is 3. The van der Waals surface area contributed by atoms with E-state index in [0.717, 1.165) is 31.0 Å². The normalized spacial score (nSPS) is 10.0. The summed E-state index contributed by atoms with van der Waals surface area (Å²) < 4.78 is 0. The Hall–Kier alpha value is -1.16. The highest BCUT2D eigenvalue weighted by molar-refractivity contribution is 7.80. The van der Waals surface area contributed by atoms with E-state index >= 15 is 0 Å². The summed E-state index contributed by atoms with van der Waals surface area (Å²) in [5, 5.41) is 0. The van der Waals surface area contributed by atoms with E-state index in [1.165, 1.54) is 0 Å². The molecule has 0 spiro atoms. The summed E-state index contributed by atoms with van der Waals surface area (Å²) in [5.74, 6) is 0.994. The third-order valence-electron chi connectivity index (χ3n) is 2.21. The van der Waals surface area contributed by atoms with Crippen LogP contribution in [0.25, 0.3) is 0 Å². The summed E-state index contributed by atoms with van der Waals surface area (Å²) in [6.45, 7) is 5.84. The number of thiocarbonyl (C=S) groups is 1. The van der Waals surface area contributed by atoms with Gasteiger partial charge in [0.2, 0.25) is 0 Å². The maximum Gasteiger partial charge on any atom is 0.128 e. The second-order valence-electron chi connectivity index (χ2n) is 3.43. The van der Waals surface area contributed by atoms with Gasteiger partial charge in [0.25, 0.3) is 0 Å². The summed E-state index contributed by atoms with van der Waals surface area (Å²) >= 11 is 4.87. The standard InChI is InChI=1S/C11H17N3S/c1-3-14(8-7-10(12)15)11-6-4-5-9(2)13-11/h4-6H,3,7-8H2,1-2H3,(H2,12,15). The van der Waals surface area contributed by atoms with E-state index in [2.05, 4.69) is 16.8 Å². The van der Waals surface area contributed by atoms with Gasteiger partial charge in [0, 0.05) is 25.2 Å². The van der Waals surface area contributed by atoms with Crippen molar-refractivity contribution in [2.45, 2.75) is 20.3 Å². The third kappa shape index (κ3) is 3.83. The molecule has 0 aliphatic carbocycles. The summed E-state index contributed by atoms with van der Waals surface area (Å²) in [5.41, 5.74) is 6.52. The SMILES string of the molecule is CCN(CCC(N)=S)c1cccc(C)n1. The molecular formula is C11H17N3S. The summed E-state index contributed by atoms with van der Waals surface area (Å²) in [6.07, 6.45) is 0.735. The lowest BCUT2D eigenvalue weighted by Gasteiger charge is -2.21. The van der Waals surface area contributed by atoms with Crippen LogP contribution in [-0.4, -0.2) is 23.1 Å². The molecule has 1 rings (SSSR count). The molecule has 4 heteroatoms. The largest absolute Gasteiger partial charge is 0.393 e. The van der Waals surface area contributed by atoms with Gasteiger partial charge in [-0.05, 0) is 26.0 Å². The van der Waals surface area contributed by atoms with Gasteiger partial charge in [0.05, 0.1) is 4.99 Å². The Bertz CT molecular complexity index is 338. The number of aromatic nitrogens is 1. The Morgan fingerprint density at radius 1 is 1.53 bits per heavy atom. The molecule has 15 heavy (non-hydrogen) atoms. The van der Waals surface area contributed by atoms with Gasteiger partial charge >= 0.3 is 0 Å². The van der Waals surface area contributed by atoms with Crippen molar-refractivity contribution in [3.8, 4) is 0 Å². The zero-order valence-electron chi connectivity index (χ0n) is 9.23. The minimum absolute atomic E-state index is 0.557. The molecule has 0 unspecified atom stereocenters. The maximum absolute atomic E-state index is 5.49. The van der Waals surface area contributed by atoms with Crippen LogP contribution in [0, 0.1) is 6.92 Å². The lowest BCUT2D eigenvalue weighted by atomic mass is 10.3. The molecule has 0 saturated heterocycles. The maximum atomic E-state index is 5.49. The average molecular weight is 223 g/mol. The Morgan fingerprint density at radius 2 is 2.27 bits per heavy atom.